The summed E-state index contributed by atoms with van der Waals surface area (Å²) in [6.07, 6.45) is 4.21. The first-order valence-electron chi connectivity index (χ1n) is 9.15. The van der Waals surface area contributed by atoms with Crippen LogP contribution >= 0.6 is 0 Å². The zero-order valence-corrected chi connectivity index (χ0v) is 14.9. The van der Waals surface area contributed by atoms with Crippen molar-refractivity contribution in [3.8, 4) is 0 Å². The highest BCUT2D eigenvalue weighted by Crippen LogP contribution is 2.34. The van der Waals surface area contributed by atoms with E-state index < -0.39 is 0 Å². The predicted molar refractivity (Wildman–Crippen MR) is 91.7 cm³/mol. The van der Waals surface area contributed by atoms with Crippen molar-refractivity contribution < 1.29 is 0 Å². The Bertz CT molecular complexity index is 295. The molecule has 1 aliphatic heterocycles. The standard InChI is InChI=1S/C18H37N3/c1-14(2)16-6-7-18(19-5)17(12-16)13-20-8-10-21(11-9-20)15(3)4/h14-19H,6-13H2,1-5H3. The highest BCUT2D eigenvalue weighted by molar-refractivity contribution is 4.88. The molecule has 1 aliphatic carbocycles. The summed E-state index contributed by atoms with van der Waals surface area (Å²) < 4.78 is 0. The molecule has 1 saturated heterocycles. The zero-order chi connectivity index (χ0) is 15.4. The van der Waals surface area contributed by atoms with Gasteiger partial charge in [0.25, 0.3) is 0 Å². The normalized spacial score (nSPS) is 33.0. The van der Waals surface area contributed by atoms with Gasteiger partial charge in [0.1, 0.15) is 0 Å². The van der Waals surface area contributed by atoms with Crippen LogP contribution in [0.3, 0.4) is 0 Å². The number of hydrogen-bond donors (Lipinski definition) is 1. The summed E-state index contributed by atoms with van der Waals surface area (Å²) >= 11 is 0. The van der Waals surface area contributed by atoms with Gasteiger partial charge in [0, 0.05) is 44.8 Å². The van der Waals surface area contributed by atoms with Crippen molar-refractivity contribution in [3.05, 3.63) is 0 Å². The molecule has 1 saturated carbocycles. The van der Waals surface area contributed by atoms with Crippen LogP contribution in [0.4, 0.5) is 0 Å². The number of nitrogens with one attached hydrogen (secondary N) is 1. The van der Waals surface area contributed by atoms with Gasteiger partial charge in [-0.3, -0.25) is 4.90 Å². The molecule has 1 heterocycles. The van der Waals surface area contributed by atoms with Gasteiger partial charge in [-0.15, -0.1) is 0 Å². The van der Waals surface area contributed by atoms with Crippen LogP contribution in [0.5, 0.6) is 0 Å². The molecule has 0 amide bonds. The van der Waals surface area contributed by atoms with Crippen LogP contribution in [0.2, 0.25) is 0 Å². The molecule has 0 spiro atoms. The molecule has 3 atom stereocenters. The Morgan fingerprint density at radius 3 is 2.19 bits per heavy atom. The third kappa shape index (κ3) is 4.67. The molecule has 21 heavy (non-hydrogen) atoms. The molecule has 3 unspecified atom stereocenters. The molecule has 2 aliphatic rings. The summed E-state index contributed by atoms with van der Waals surface area (Å²) in [5, 5.41) is 3.59. The first-order chi connectivity index (χ1) is 10.0. The lowest BCUT2D eigenvalue weighted by atomic mass is 9.73. The van der Waals surface area contributed by atoms with Gasteiger partial charge in [-0.1, -0.05) is 13.8 Å². The predicted octanol–water partition coefficient (Wildman–Crippen LogP) is 2.67. The van der Waals surface area contributed by atoms with E-state index in [9.17, 15) is 0 Å². The molecular formula is C18H37N3. The lowest BCUT2D eigenvalue weighted by Gasteiger charge is -2.43. The Balaban J connectivity index is 1.84. The molecule has 0 aromatic rings. The maximum absolute atomic E-state index is 3.59. The van der Waals surface area contributed by atoms with Crippen LogP contribution in [0.1, 0.15) is 47.0 Å². The molecule has 0 aromatic heterocycles. The van der Waals surface area contributed by atoms with E-state index in [1.165, 1.54) is 52.0 Å². The molecule has 0 bridgehead atoms. The van der Waals surface area contributed by atoms with E-state index in [0.717, 1.165) is 23.8 Å². The molecule has 124 valence electrons. The largest absolute Gasteiger partial charge is 0.317 e. The van der Waals surface area contributed by atoms with Crippen molar-refractivity contribution in [3.63, 3.8) is 0 Å². The molecular weight excluding hydrogens is 258 g/mol. The van der Waals surface area contributed by atoms with Crippen LogP contribution in [-0.2, 0) is 0 Å². The Morgan fingerprint density at radius 1 is 1.00 bits per heavy atom. The van der Waals surface area contributed by atoms with E-state index >= 15 is 0 Å². The number of hydrogen-bond acceptors (Lipinski definition) is 3. The Morgan fingerprint density at radius 2 is 1.67 bits per heavy atom. The average molecular weight is 296 g/mol. The minimum Gasteiger partial charge on any atom is -0.317 e. The number of piperazine rings is 1. The van der Waals surface area contributed by atoms with Crippen molar-refractivity contribution in [2.24, 2.45) is 17.8 Å². The fourth-order valence-electron chi connectivity index (χ4n) is 4.28. The summed E-state index contributed by atoms with van der Waals surface area (Å²) in [7, 11) is 2.16. The monoisotopic (exact) mass is 295 g/mol. The molecule has 2 fully saturated rings. The summed E-state index contributed by atoms with van der Waals surface area (Å²) in [5.41, 5.74) is 0. The van der Waals surface area contributed by atoms with Crippen molar-refractivity contribution in [1.82, 2.24) is 15.1 Å². The Kier molecular flexibility index (Phi) is 6.51. The van der Waals surface area contributed by atoms with E-state index in [2.05, 4.69) is 49.9 Å². The topological polar surface area (TPSA) is 18.5 Å². The smallest absolute Gasteiger partial charge is 0.0113 e. The SMILES string of the molecule is CNC1CCC(C(C)C)CC1CN1CCN(C(C)C)CC1. The lowest BCUT2D eigenvalue weighted by Crippen LogP contribution is -2.52. The number of nitrogens with zero attached hydrogens (tertiary/aromatic N) is 2. The van der Waals surface area contributed by atoms with Crippen molar-refractivity contribution >= 4 is 0 Å². The van der Waals surface area contributed by atoms with Gasteiger partial charge >= 0.3 is 0 Å². The van der Waals surface area contributed by atoms with E-state index in [0.29, 0.717) is 6.04 Å². The molecule has 0 radical (unpaired) electrons. The third-order valence-corrected chi connectivity index (χ3v) is 5.97. The van der Waals surface area contributed by atoms with E-state index in [1.54, 1.807) is 0 Å². The summed E-state index contributed by atoms with van der Waals surface area (Å²) in [4.78, 5) is 5.33. The van der Waals surface area contributed by atoms with Gasteiger partial charge in [-0.25, -0.2) is 0 Å². The highest BCUT2D eigenvalue weighted by atomic mass is 15.3. The second-order valence-electron chi connectivity index (χ2n) is 7.90. The van der Waals surface area contributed by atoms with E-state index in [1.807, 2.05) is 0 Å². The fourth-order valence-corrected chi connectivity index (χ4v) is 4.28. The Hall–Kier alpha value is -0.120. The van der Waals surface area contributed by atoms with Crippen molar-refractivity contribution in [2.75, 3.05) is 39.8 Å². The first kappa shape index (κ1) is 17.2. The van der Waals surface area contributed by atoms with Crippen LogP contribution < -0.4 is 5.32 Å². The summed E-state index contributed by atoms with van der Waals surface area (Å²) in [5.74, 6) is 2.64. The third-order valence-electron chi connectivity index (χ3n) is 5.97. The van der Waals surface area contributed by atoms with Gasteiger partial charge in [0.15, 0.2) is 0 Å². The maximum atomic E-state index is 3.59. The second-order valence-corrected chi connectivity index (χ2v) is 7.90. The average Bonchev–Trinajstić information content (AvgIpc) is 2.47. The van der Waals surface area contributed by atoms with Gasteiger partial charge in [-0.2, -0.15) is 0 Å². The van der Waals surface area contributed by atoms with Crippen LogP contribution in [-0.4, -0.2) is 61.7 Å². The van der Waals surface area contributed by atoms with Gasteiger partial charge in [-0.05, 0) is 57.9 Å². The minimum atomic E-state index is 0.706. The molecule has 0 aromatic carbocycles. The second kappa shape index (κ2) is 7.94. The van der Waals surface area contributed by atoms with Crippen molar-refractivity contribution in [1.29, 1.82) is 0 Å². The maximum Gasteiger partial charge on any atom is 0.0113 e. The van der Waals surface area contributed by atoms with Crippen LogP contribution in [0.25, 0.3) is 0 Å². The van der Waals surface area contributed by atoms with Gasteiger partial charge < -0.3 is 10.2 Å². The Labute approximate surface area is 132 Å². The minimum absolute atomic E-state index is 0.706. The first-order valence-corrected chi connectivity index (χ1v) is 9.15. The van der Waals surface area contributed by atoms with E-state index in [4.69, 9.17) is 0 Å². The summed E-state index contributed by atoms with van der Waals surface area (Å²) in [6, 6.07) is 1.44. The van der Waals surface area contributed by atoms with Gasteiger partial charge in [0.05, 0.1) is 0 Å². The van der Waals surface area contributed by atoms with Crippen LogP contribution in [0, 0.1) is 17.8 Å². The van der Waals surface area contributed by atoms with Crippen molar-refractivity contribution in [2.45, 2.75) is 59.0 Å². The zero-order valence-electron chi connectivity index (χ0n) is 14.9. The van der Waals surface area contributed by atoms with E-state index in [-0.39, 0.29) is 0 Å². The summed E-state index contributed by atoms with van der Waals surface area (Å²) in [6.45, 7) is 15.8. The quantitative estimate of drug-likeness (QED) is 0.841. The highest BCUT2D eigenvalue weighted by Gasteiger charge is 2.32. The fraction of sp³-hybridized carbons (Fsp3) is 1.00. The lowest BCUT2D eigenvalue weighted by molar-refractivity contribution is 0.0715. The number of rotatable bonds is 5. The molecule has 2 rings (SSSR count). The molecule has 3 heteroatoms. The van der Waals surface area contributed by atoms with Gasteiger partial charge in [0.2, 0.25) is 0 Å². The molecule has 1 N–H and O–H groups in total. The molecule has 3 nitrogen and oxygen atoms in total. The van der Waals surface area contributed by atoms with Crippen LogP contribution in [0.15, 0.2) is 0 Å².